The van der Waals surface area contributed by atoms with Crippen molar-refractivity contribution in [1.82, 2.24) is 0 Å². The van der Waals surface area contributed by atoms with E-state index >= 15 is 0 Å². The van der Waals surface area contributed by atoms with Crippen LogP contribution >= 0.6 is 0 Å². The molecule has 0 bridgehead atoms. The highest BCUT2D eigenvalue weighted by molar-refractivity contribution is 4.77. The molecule has 1 aliphatic rings. The lowest BCUT2D eigenvalue weighted by atomic mass is 10.4. The van der Waals surface area contributed by atoms with Crippen LogP contribution < -0.4 is 0 Å². The standard InChI is InChI=1S/C6H6F6O2/c7-3(4(8)9)5-13-1-2(14-5)6(10,11)12/h2-5H,1H2. The van der Waals surface area contributed by atoms with Gasteiger partial charge in [-0.2, -0.15) is 13.2 Å². The molecule has 1 saturated heterocycles. The molecule has 84 valence electrons. The molecule has 14 heavy (non-hydrogen) atoms. The summed E-state index contributed by atoms with van der Waals surface area (Å²) in [5.41, 5.74) is 0. The summed E-state index contributed by atoms with van der Waals surface area (Å²) in [5, 5.41) is 0. The Balaban J connectivity index is 2.49. The van der Waals surface area contributed by atoms with Crippen LogP contribution in [0.2, 0.25) is 0 Å². The van der Waals surface area contributed by atoms with E-state index in [1.54, 1.807) is 0 Å². The molecule has 8 heteroatoms. The van der Waals surface area contributed by atoms with Crippen LogP contribution in [0.25, 0.3) is 0 Å². The Labute approximate surface area is 74.8 Å². The maximum Gasteiger partial charge on any atom is 0.417 e. The average molecular weight is 224 g/mol. The van der Waals surface area contributed by atoms with Crippen LogP contribution in [0.1, 0.15) is 0 Å². The highest BCUT2D eigenvalue weighted by Crippen LogP contribution is 2.31. The van der Waals surface area contributed by atoms with Gasteiger partial charge in [0.15, 0.2) is 12.4 Å². The van der Waals surface area contributed by atoms with Crippen LogP contribution in [0.4, 0.5) is 26.3 Å². The van der Waals surface area contributed by atoms with Crippen molar-refractivity contribution in [3.05, 3.63) is 0 Å². The van der Waals surface area contributed by atoms with E-state index in [0.29, 0.717) is 0 Å². The van der Waals surface area contributed by atoms with E-state index in [1.807, 2.05) is 0 Å². The Bertz CT molecular complexity index is 193. The molecule has 1 fully saturated rings. The van der Waals surface area contributed by atoms with Gasteiger partial charge in [-0.15, -0.1) is 0 Å². The quantitative estimate of drug-likeness (QED) is 0.667. The summed E-state index contributed by atoms with van der Waals surface area (Å²) in [6.45, 7) is -0.957. The van der Waals surface area contributed by atoms with E-state index in [-0.39, 0.29) is 0 Å². The zero-order chi connectivity index (χ0) is 10.9. The first-order valence-electron chi connectivity index (χ1n) is 3.58. The monoisotopic (exact) mass is 224 g/mol. The zero-order valence-corrected chi connectivity index (χ0v) is 6.60. The molecule has 0 aromatic carbocycles. The summed E-state index contributed by atoms with van der Waals surface area (Å²) in [6, 6.07) is 0. The molecule has 0 aromatic rings. The minimum atomic E-state index is -4.73. The van der Waals surface area contributed by atoms with Gasteiger partial charge in [-0.05, 0) is 0 Å². The van der Waals surface area contributed by atoms with E-state index in [0.717, 1.165) is 0 Å². The summed E-state index contributed by atoms with van der Waals surface area (Å²) >= 11 is 0. The van der Waals surface area contributed by atoms with Gasteiger partial charge in [-0.1, -0.05) is 0 Å². The molecule has 1 rings (SSSR count). The van der Waals surface area contributed by atoms with Gasteiger partial charge in [0.2, 0.25) is 6.17 Å². The van der Waals surface area contributed by atoms with Gasteiger partial charge >= 0.3 is 6.18 Å². The summed E-state index contributed by atoms with van der Waals surface area (Å²) in [4.78, 5) is 0. The van der Waals surface area contributed by atoms with Crippen molar-refractivity contribution >= 4 is 0 Å². The maximum absolute atomic E-state index is 12.4. The summed E-state index contributed by atoms with van der Waals surface area (Å²) in [7, 11) is 0. The Hall–Kier alpha value is -0.500. The predicted molar refractivity (Wildman–Crippen MR) is 31.6 cm³/mol. The van der Waals surface area contributed by atoms with Gasteiger partial charge in [-0.3, -0.25) is 0 Å². The first-order chi connectivity index (χ1) is 6.32. The Morgan fingerprint density at radius 2 is 1.71 bits per heavy atom. The third-order valence-electron chi connectivity index (χ3n) is 1.58. The number of halogens is 6. The number of alkyl halides is 6. The Morgan fingerprint density at radius 3 is 2.07 bits per heavy atom. The number of hydrogen-bond acceptors (Lipinski definition) is 2. The smallest absolute Gasteiger partial charge is 0.346 e. The van der Waals surface area contributed by atoms with Crippen molar-refractivity contribution in [1.29, 1.82) is 0 Å². The number of hydrogen-bond donors (Lipinski definition) is 0. The molecule has 0 spiro atoms. The van der Waals surface area contributed by atoms with Crippen LogP contribution in [0.3, 0.4) is 0 Å². The number of ether oxygens (including phenoxy) is 2. The lowest BCUT2D eigenvalue weighted by Crippen LogP contribution is -2.34. The molecule has 2 nitrogen and oxygen atoms in total. The predicted octanol–water partition coefficient (Wildman–Crippen LogP) is 1.89. The SMILES string of the molecule is FC(F)C(F)C1OCC(C(F)(F)F)O1. The fourth-order valence-corrected chi connectivity index (χ4v) is 0.880. The van der Waals surface area contributed by atoms with Gasteiger partial charge < -0.3 is 9.47 Å². The van der Waals surface area contributed by atoms with Crippen molar-refractivity contribution in [3.8, 4) is 0 Å². The van der Waals surface area contributed by atoms with Crippen molar-refractivity contribution in [2.24, 2.45) is 0 Å². The highest BCUT2D eigenvalue weighted by Gasteiger charge is 2.49. The average Bonchev–Trinajstić information content (AvgIpc) is 2.49. The summed E-state index contributed by atoms with van der Waals surface area (Å²) in [5.74, 6) is 0. The molecule has 0 N–H and O–H groups in total. The van der Waals surface area contributed by atoms with Crippen LogP contribution in [-0.2, 0) is 9.47 Å². The third kappa shape index (κ3) is 2.50. The lowest BCUT2D eigenvalue weighted by molar-refractivity contribution is -0.226. The highest BCUT2D eigenvalue weighted by atomic mass is 19.4. The van der Waals surface area contributed by atoms with Crippen LogP contribution in [0, 0.1) is 0 Å². The van der Waals surface area contributed by atoms with Crippen LogP contribution in [0.5, 0.6) is 0 Å². The molecule has 3 atom stereocenters. The second kappa shape index (κ2) is 3.93. The normalized spacial score (nSPS) is 31.1. The zero-order valence-electron chi connectivity index (χ0n) is 6.60. The topological polar surface area (TPSA) is 18.5 Å². The molecular formula is C6H6F6O2. The number of rotatable bonds is 2. The van der Waals surface area contributed by atoms with Gasteiger partial charge in [0.25, 0.3) is 6.43 Å². The molecule has 3 unspecified atom stereocenters. The van der Waals surface area contributed by atoms with E-state index in [9.17, 15) is 26.3 Å². The molecule has 0 radical (unpaired) electrons. The molecule has 1 heterocycles. The van der Waals surface area contributed by atoms with E-state index in [1.165, 1.54) is 0 Å². The third-order valence-corrected chi connectivity index (χ3v) is 1.58. The van der Waals surface area contributed by atoms with Gasteiger partial charge in [0.1, 0.15) is 0 Å². The first kappa shape index (κ1) is 11.6. The lowest BCUT2D eigenvalue weighted by Gasteiger charge is -2.16. The van der Waals surface area contributed by atoms with Crippen molar-refractivity contribution < 1.29 is 35.8 Å². The largest absolute Gasteiger partial charge is 0.417 e. The fraction of sp³-hybridized carbons (Fsp3) is 1.00. The van der Waals surface area contributed by atoms with Crippen molar-refractivity contribution in [2.75, 3.05) is 6.61 Å². The van der Waals surface area contributed by atoms with E-state index in [4.69, 9.17) is 0 Å². The maximum atomic E-state index is 12.4. The van der Waals surface area contributed by atoms with Crippen molar-refractivity contribution in [2.45, 2.75) is 31.2 Å². The van der Waals surface area contributed by atoms with Gasteiger partial charge in [0.05, 0.1) is 6.61 Å². The molecule has 1 aliphatic heterocycles. The van der Waals surface area contributed by atoms with E-state index in [2.05, 4.69) is 9.47 Å². The molecule has 0 aromatic heterocycles. The molecule has 0 saturated carbocycles. The Morgan fingerprint density at radius 1 is 1.14 bits per heavy atom. The second-order valence-corrected chi connectivity index (χ2v) is 2.65. The first-order valence-corrected chi connectivity index (χ1v) is 3.58. The minimum Gasteiger partial charge on any atom is -0.346 e. The molecule has 0 amide bonds. The van der Waals surface area contributed by atoms with Crippen molar-refractivity contribution in [3.63, 3.8) is 0 Å². The summed E-state index contributed by atoms with van der Waals surface area (Å²) in [6.07, 6.45) is -15.5. The molecule has 0 aliphatic carbocycles. The minimum absolute atomic E-state index is 0.957. The van der Waals surface area contributed by atoms with Crippen LogP contribution in [-0.4, -0.2) is 37.8 Å². The van der Waals surface area contributed by atoms with E-state index < -0.39 is 37.8 Å². The Kier molecular flexibility index (Phi) is 3.25. The van der Waals surface area contributed by atoms with Crippen LogP contribution in [0.15, 0.2) is 0 Å². The van der Waals surface area contributed by atoms with Gasteiger partial charge in [0, 0.05) is 0 Å². The second-order valence-electron chi connectivity index (χ2n) is 2.65. The van der Waals surface area contributed by atoms with Gasteiger partial charge in [-0.25, -0.2) is 13.2 Å². The fourth-order valence-electron chi connectivity index (χ4n) is 0.880. The molecular weight excluding hydrogens is 218 g/mol. The summed E-state index contributed by atoms with van der Waals surface area (Å²) < 4.78 is 79.5.